The van der Waals surface area contributed by atoms with E-state index < -0.39 is 0 Å². The van der Waals surface area contributed by atoms with E-state index in [1.165, 1.54) is 6.42 Å². The molecule has 1 aliphatic rings. The molecule has 0 saturated heterocycles. The summed E-state index contributed by atoms with van der Waals surface area (Å²) in [5, 5.41) is 2.54. The zero-order valence-electron chi connectivity index (χ0n) is 9.63. The number of amides is 1. The minimum Gasteiger partial charge on any atom is -0.370 e. The lowest BCUT2D eigenvalue weighted by Gasteiger charge is -2.32. The number of nitrogens with one attached hydrogen (secondary N) is 1. The molecule has 4 nitrogen and oxygen atoms in total. The van der Waals surface area contributed by atoms with Crippen LogP contribution < -0.4 is 11.1 Å². The average Bonchev–Trinajstić information content (AvgIpc) is 2.27. The molecule has 0 heterocycles. The van der Waals surface area contributed by atoms with Crippen molar-refractivity contribution in [2.24, 2.45) is 5.73 Å². The van der Waals surface area contributed by atoms with E-state index in [1.807, 2.05) is 0 Å². The van der Waals surface area contributed by atoms with Gasteiger partial charge in [0.1, 0.15) is 6.61 Å². The Hall–Kier alpha value is -1.05. The SMILES string of the molecule is C#CCNC(=O)COCC1(N)CCCCC1. The van der Waals surface area contributed by atoms with Crippen molar-refractivity contribution in [1.82, 2.24) is 5.32 Å². The largest absolute Gasteiger partial charge is 0.370 e. The molecule has 0 aromatic rings. The summed E-state index contributed by atoms with van der Waals surface area (Å²) < 4.78 is 5.33. The van der Waals surface area contributed by atoms with Gasteiger partial charge in [-0.25, -0.2) is 0 Å². The summed E-state index contributed by atoms with van der Waals surface area (Å²) in [6, 6.07) is 0. The van der Waals surface area contributed by atoms with Crippen LogP contribution in [0.15, 0.2) is 0 Å². The topological polar surface area (TPSA) is 64.3 Å². The first-order valence-corrected chi connectivity index (χ1v) is 5.73. The Labute approximate surface area is 96.9 Å². The molecule has 0 aliphatic heterocycles. The van der Waals surface area contributed by atoms with Crippen molar-refractivity contribution < 1.29 is 9.53 Å². The van der Waals surface area contributed by atoms with Crippen LogP contribution in [0.2, 0.25) is 0 Å². The molecule has 0 spiro atoms. The van der Waals surface area contributed by atoms with Gasteiger partial charge < -0.3 is 15.8 Å². The first-order chi connectivity index (χ1) is 7.66. The van der Waals surface area contributed by atoms with Crippen LogP contribution in [0, 0.1) is 12.3 Å². The molecule has 0 atom stereocenters. The molecular weight excluding hydrogens is 204 g/mol. The second kappa shape index (κ2) is 6.51. The molecule has 0 bridgehead atoms. The highest BCUT2D eigenvalue weighted by Crippen LogP contribution is 2.25. The number of nitrogens with two attached hydrogens (primary N) is 1. The molecular formula is C12H20N2O2. The zero-order chi connectivity index (χ0) is 11.9. The lowest BCUT2D eigenvalue weighted by molar-refractivity contribution is -0.126. The summed E-state index contributed by atoms with van der Waals surface area (Å²) in [6.45, 7) is 0.743. The van der Waals surface area contributed by atoms with Gasteiger partial charge in [-0.3, -0.25) is 4.79 Å². The Kier molecular flexibility index (Phi) is 5.30. The number of hydrogen-bond donors (Lipinski definition) is 2. The van der Waals surface area contributed by atoms with Crippen LogP contribution in [0.25, 0.3) is 0 Å². The van der Waals surface area contributed by atoms with Crippen LogP contribution in [0.5, 0.6) is 0 Å². The molecule has 0 aromatic carbocycles. The van der Waals surface area contributed by atoms with Crippen molar-refractivity contribution in [2.45, 2.75) is 37.6 Å². The van der Waals surface area contributed by atoms with Gasteiger partial charge in [0.15, 0.2) is 0 Å². The van der Waals surface area contributed by atoms with Gasteiger partial charge in [-0.15, -0.1) is 6.42 Å². The molecule has 4 heteroatoms. The highest BCUT2D eigenvalue weighted by molar-refractivity contribution is 5.77. The van der Waals surface area contributed by atoms with E-state index >= 15 is 0 Å². The molecule has 0 radical (unpaired) electrons. The van der Waals surface area contributed by atoms with E-state index in [-0.39, 0.29) is 24.6 Å². The van der Waals surface area contributed by atoms with Crippen LogP contribution in [-0.2, 0) is 9.53 Å². The first kappa shape index (κ1) is 13.0. The van der Waals surface area contributed by atoms with E-state index in [2.05, 4.69) is 11.2 Å². The second-order valence-electron chi connectivity index (χ2n) is 4.40. The van der Waals surface area contributed by atoms with Gasteiger partial charge >= 0.3 is 0 Å². The van der Waals surface area contributed by atoms with Gasteiger partial charge in [0, 0.05) is 5.54 Å². The smallest absolute Gasteiger partial charge is 0.246 e. The summed E-state index contributed by atoms with van der Waals surface area (Å²) in [6.07, 6.45) is 10.6. The normalized spacial score (nSPS) is 18.8. The number of terminal acetylenes is 1. The maximum atomic E-state index is 11.2. The van der Waals surface area contributed by atoms with Crippen molar-refractivity contribution in [3.63, 3.8) is 0 Å². The summed E-state index contributed by atoms with van der Waals surface area (Å²) in [7, 11) is 0. The Morgan fingerprint density at radius 1 is 1.44 bits per heavy atom. The maximum Gasteiger partial charge on any atom is 0.246 e. The standard InChI is InChI=1S/C12H20N2O2/c1-2-8-14-11(15)9-16-10-12(13)6-4-3-5-7-12/h1H,3-10,13H2,(H,14,15). The predicted octanol–water partition coefficient (Wildman–Crippen LogP) is 0.414. The highest BCUT2D eigenvalue weighted by atomic mass is 16.5. The quantitative estimate of drug-likeness (QED) is 0.665. The third-order valence-corrected chi connectivity index (χ3v) is 2.86. The number of carbonyl (C=O) groups excluding carboxylic acids is 1. The molecule has 1 amide bonds. The van der Waals surface area contributed by atoms with Crippen LogP contribution in [0.3, 0.4) is 0 Å². The molecule has 0 unspecified atom stereocenters. The fourth-order valence-corrected chi connectivity index (χ4v) is 1.95. The minimum atomic E-state index is -0.232. The fraction of sp³-hybridized carbons (Fsp3) is 0.750. The van der Waals surface area contributed by atoms with Gasteiger partial charge in [-0.05, 0) is 12.8 Å². The lowest BCUT2D eigenvalue weighted by atomic mass is 9.83. The van der Waals surface area contributed by atoms with E-state index in [0.29, 0.717) is 6.61 Å². The van der Waals surface area contributed by atoms with Gasteiger partial charge in [0.25, 0.3) is 0 Å². The lowest BCUT2D eigenvalue weighted by Crippen LogP contribution is -2.46. The Balaban J connectivity index is 2.14. The third-order valence-electron chi connectivity index (χ3n) is 2.86. The summed E-state index contributed by atoms with van der Waals surface area (Å²) >= 11 is 0. The Bertz CT molecular complexity index is 265. The Morgan fingerprint density at radius 2 is 2.12 bits per heavy atom. The number of ether oxygens (including phenoxy) is 1. The van der Waals surface area contributed by atoms with Gasteiger partial charge in [0.2, 0.25) is 5.91 Å². The summed E-state index contributed by atoms with van der Waals surface area (Å²) in [5.41, 5.74) is 5.92. The predicted molar refractivity (Wildman–Crippen MR) is 62.7 cm³/mol. The van der Waals surface area contributed by atoms with Gasteiger partial charge in [-0.2, -0.15) is 0 Å². The molecule has 3 N–H and O–H groups in total. The van der Waals surface area contributed by atoms with Crippen LogP contribution >= 0.6 is 0 Å². The van der Waals surface area contributed by atoms with Crippen LogP contribution in [-0.4, -0.2) is 31.2 Å². The number of rotatable bonds is 5. The van der Waals surface area contributed by atoms with Crippen LogP contribution in [0.1, 0.15) is 32.1 Å². The van der Waals surface area contributed by atoms with Crippen molar-refractivity contribution in [3.8, 4) is 12.3 Å². The van der Waals surface area contributed by atoms with E-state index in [9.17, 15) is 4.79 Å². The third kappa shape index (κ3) is 4.65. The molecule has 90 valence electrons. The van der Waals surface area contributed by atoms with E-state index in [4.69, 9.17) is 16.9 Å². The molecule has 0 aromatic heterocycles. The maximum absolute atomic E-state index is 11.2. The average molecular weight is 224 g/mol. The molecule has 1 saturated carbocycles. The minimum absolute atomic E-state index is 0.0423. The van der Waals surface area contributed by atoms with Crippen molar-refractivity contribution in [2.75, 3.05) is 19.8 Å². The van der Waals surface area contributed by atoms with E-state index in [1.54, 1.807) is 0 Å². The summed E-state index contributed by atoms with van der Waals surface area (Å²) in [4.78, 5) is 11.2. The van der Waals surface area contributed by atoms with Gasteiger partial charge in [-0.1, -0.05) is 25.2 Å². The molecule has 16 heavy (non-hydrogen) atoms. The van der Waals surface area contributed by atoms with Crippen molar-refractivity contribution in [1.29, 1.82) is 0 Å². The van der Waals surface area contributed by atoms with E-state index in [0.717, 1.165) is 25.7 Å². The molecule has 1 fully saturated rings. The van der Waals surface area contributed by atoms with Crippen molar-refractivity contribution >= 4 is 5.91 Å². The number of hydrogen-bond acceptors (Lipinski definition) is 3. The molecule has 1 rings (SSSR count). The second-order valence-corrected chi connectivity index (χ2v) is 4.40. The monoisotopic (exact) mass is 224 g/mol. The number of carbonyl (C=O) groups is 1. The Morgan fingerprint density at radius 3 is 2.75 bits per heavy atom. The zero-order valence-corrected chi connectivity index (χ0v) is 9.63. The fourth-order valence-electron chi connectivity index (χ4n) is 1.95. The molecule has 1 aliphatic carbocycles. The first-order valence-electron chi connectivity index (χ1n) is 5.73. The van der Waals surface area contributed by atoms with Gasteiger partial charge in [0.05, 0.1) is 13.2 Å². The highest BCUT2D eigenvalue weighted by Gasteiger charge is 2.27. The van der Waals surface area contributed by atoms with Crippen molar-refractivity contribution in [3.05, 3.63) is 0 Å². The van der Waals surface area contributed by atoms with Crippen LogP contribution in [0.4, 0.5) is 0 Å². The summed E-state index contributed by atoms with van der Waals surface area (Å²) in [5.74, 6) is 2.15.